The Bertz CT molecular complexity index is 723. The highest BCUT2D eigenvalue weighted by Crippen LogP contribution is 2.22. The number of hydrogen-bond acceptors (Lipinski definition) is 5. The Hall–Kier alpha value is -1.89. The van der Waals surface area contributed by atoms with E-state index < -0.39 is 15.0 Å². The highest BCUT2D eigenvalue weighted by molar-refractivity contribution is 7.85. The summed E-state index contributed by atoms with van der Waals surface area (Å²) in [6.07, 6.45) is 12.4. The largest absolute Gasteiger partial charge is 0.744 e. The molecule has 0 amide bonds. The maximum Gasteiger partial charge on any atom is 0.124 e. The van der Waals surface area contributed by atoms with Gasteiger partial charge < -0.3 is 4.55 Å². The van der Waals surface area contributed by atoms with E-state index in [1.807, 2.05) is 12.1 Å². The lowest BCUT2D eigenvalue weighted by Crippen LogP contribution is -2.04. The van der Waals surface area contributed by atoms with Crippen LogP contribution in [0.5, 0.6) is 0 Å². The molecular formula is C20H27N2O3S-. The fraction of sp³-hybridized carbons (Fsp3) is 0.600. The van der Waals surface area contributed by atoms with Gasteiger partial charge in [-0.3, -0.25) is 0 Å². The molecule has 0 radical (unpaired) electrons. The summed E-state index contributed by atoms with van der Waals surface area (Å²) in [5, 5.41) is 18.5. The average Bonchev–Trinajstić information content (AvgIpc) is 2.61. The van der Waals surface area contributed by atoms with E-state index in [0.29, 0.717) is 12.0 Å². The number of nitriles is 2. The van der Waals surface area contributed by atoms with Crippen LogP contribution in [0.4, 0.5) is 0 Å². The topological polar surface area (TPSA) is 105 Å². The van der Waals surface area contributed by atoms with Crippen molar-refractivity contribution in [3.63, 3.8) is 0 Å². The van der Waals surface area contributed by atoms with E-state index in [2.05, 4.69) is 6.92 Å². The molecule has 26 heavy (non-hydrogen) atoms. The molecule has 0 aliphatic heterocycles. The summed E-state index contributed by atoms with van der Waals surface area (Å²) < 4.78 is 33.4. The SMILES string of the molecule is CCCCCCCCCCCCc1c(C#N)cc(S(=O)(=O)[O-])cc1C#N. The van der Waals surface area contributed by atoms with Crippen molar-refractivity contribution in [1.29, 1.82) is 10.5 Å². The summed E-state index contributed by atoms with van der Waals surface area (Å²) in [7, 11) is -4.68. The van der Waals surface area contributed by atoms with Crippen molar-refractivity contribution in [2.24, 2.45) is 0 Å². The summed E-state index contributed by atoms with van der Waals surface area (Å²) in [4.78, 5) is -0.516. The molecule has 1 aromatic carbocycles. The van der Waals surface area contributed by atoms with Crippen LogP contribution in [-0.2, 0) is 16.5 Å². The Morgan fingerprint density at radius 1 is 0.846 bits per heavy atom. The third-order valence-electron chi connectivity index (χ3n) is 4.53. The molecule has 0 aliphatic rings. The van der Waals surface area contributed by atoms with E-state index >= 15 is 0 Å². The molecule has 0 unspecified atom stereocenters. The monoisotopic (exact) mass is 375 g/mol. The average molecular weight is 376 g/mol. The molecule has 0 bridgehead atoms. The predicted molar refractivity (Wildman–Crippen MR) is 99.4 cm³/mol. The molecule has 5 nitrogen and oxygen atoms in total. The van der Waals surface area contributed by atoms with Crippen LogP contribution in [-0.4, -0.2) is 13.0 Å². The fourth-order valence-corrected chi connectivity index (χ4v) is 3.57. The van der Waals surface area contributed by atoms with Gasteiger partial charge in [-0.1, -0.05) is 64.7 Å². The lowest BCUT2D eigenvalue weighted by molar-refractivity contribution is 0.463. The Morgan fingerprint density at radius 3 is 1.65 bits per heavy atom. The zero-order chi connectivity index (χ0) is 19.4. The van der Waals surface area contributed by atoms with Crippen molar-refractivity contribution in [2.75, 3.05) is 0 Å². The van der Waals surface area contributed by atoms with Gasteiger partial charge in [0.15, 0.2) is 0 Å². The highest BCUT2D eigenvalue weighted by Gasteiger charge is 2.13. The molecule has 0 atom stereocenters. The molecule has 0 N–H and O–H groups in total. The van der Waals surface area contributed by atoms with E-state index in [-0.39, 0.29) is 11.1 Å². The van der Waals surface area contributed by atoms with Crippen LogP contribution in [0, 0.1) is 22.7 Å². The van der Waals surface area contributed by atoms with Crippen LogP contribution in [0.25, 0.3) is 0 Å². The van der Waals surface area contributed by atoms with E-state index in [0.717, 1.165) is 31.4 Å². The predicted octanol–water partition coefficient (Wildman–Crippen LogP) is 4.80. The van der Waals surface area contributed by atoms with E-state index in [4.69, 9.17) is 0 Å². The van der Waals surface area contributed by atoms with E-state index in [9.17, 15) is 23.5 Å². The summed E-state index contributed by atoms with van der Waals surface area (Å²) in [5.41, 5.74) is 0.755. The third kappa shape index (κ3) is 7.56. The Morgan fingerprint density at radius 2 is 1.27 bits per heavy atom. The minimum Gasteiger partial charge on any atom is -0.744 e. The molecule has 0 saturated carbocycles. The Balaban J connectivity index is 2.50. The zero-order valence-electron chi connectivity index (χ0n) is 15.5. The molecule has 6 heteroatoms. The number of rotatable bonds is 12. The summed E-state index contributed by atoms with van der Waals surface area (Å²) in [6.45, 7) is 2.21. The van der Waals surface area contributed by atoms with Crippen molar-refractivity contribution >= 4 is 10.1 Å². The molecule has 0 aliphatic carbocycles. The normalized spacial score (nSPS) is 11.1. The standard InChI is InChI=1S/C20H28N2O3S/c1-2-3-4-5-6-7-8-9-10-11-12-20-17(15-21)13-19(26(23,24)25)14-18(20)16-22/h13-14H,2-12H2,1H3,(H,23,24,25)/p-1. The molecule has 0 fully saturated rings. The van der Waals surface area contributed by atoms with Gasteiger partial charge in [-0.25, -0.2) is 8.42 Å². The maximum atomic E-state index is 11.1. The van der Waals surface area contributed by atoms with Crippen LogP contribution in [0.3, 0.4) is 0 Å². The van der Waals surface area contributed by atoms with Crippen LogP contribution in [0.15, 0.2) is 17.0 Å². The third-order valence-corrected chi connectivity index (χ3v) is 5.35. The second-order valence-corrected chi connectivity index (χ2v) is 7.99. The summed E-state index contributed by atoms with van der Waals surface area (Å²) in [5.74, 6) is 0. The lowest BCUT2D eigenvalue weighted by Gasteiger charge is -2.12. The van der Waals surface area contributed by atoms with E-state index in [1.54, 1.807) is 0 Å². The molecule has 0 aromatic heterocycles. The van der Waals surface area contributed by atoms with Crippen molar-refractivity contribution < 1.29 is 13.0 Å². The van der Waals surface area contributed by atoms with Crippen LogP contribution < -0.4 is 0 Å². The molecule has 0 spiro atoms. The quantitative estimate of drug-likeness (QED) is 0.385. The molecular weight excluding hydrogens is 348 g/mol. The first kappa shape index (κ1) is 22.2. The van der Waals surface area contributed by atoms with Crippen molar-refractivity contribution in [2.45, 2.75) is 82.4 Å². The molecule has 0 heterocycles. The number of benzene rings is 1. The van der Waals surface area contributed by atoms with Gasteiger partial charge in [-0.2, -0.15) is 10.5 Å². The van der Waals surface area contributed by atoms with Crippen molar-refractivity contribution in [1.82, 2.24) is 0 Å². The minimum absolute atomic E-state index is 0.106. The zero-order valence-corrected chi connectivity index (χ0v) is 16.3. The van der Waals surface area contributed by atoms with Crippen molar-refractivity contribution in [3.05, 3.63) is 28.8 Å². The smallest absolute Gasteiger partial charge is 0.124 e. The maximum absolute atomic E-state index is 11.1. The van der Waals surface area contributed by atoms with Gasteiger partial charge in [0.25, 0.3) is 0 Å². The Kier molecular flexibility index (Phi) is 9.95. The second-order valence-electron chi connectivity index (χ2n) is 6.61. The first-order valence-electron chi connectivity index (χ1n) is 9.37. The second kappa shape index (κ2) is 11.7. The summed E-state index contributed by atoms with van der Waals surface area (Å²) >= 11 is 0. The van der Waals surface area contributed by atoms with Gasteiger partial charge in [-0.15, -0.1) is 0 Å². The van der Waals surface area contributed by atoms with Gasteiger partial charge in [0.1, 0.15) is 10.1 Å². The molecule has 0 saturated heterocycles. The lowest BCUT2D eigenvalue weighted by atomic mass is 9.96. The first-order valence-corrected chi connectivity index (χ1v) is 10.8. The highest BCUT2D eigenvalue weighted by atomic mass is 32.2. The van der Waals surface area contributed by atoms with Gasteiger partial charge in [0, 0.05) is 0 Å². The molecule has 142 valence electrons. The van der Waals surface area contributed by atoms with Crippen LogP contribution in [0.1, 0.15) is 87.8 Å². The summed E-state index contributed by atoms with van der Waals surface area (Å²) in [6, 6.07) is 5.98. The number of unbranched alkanes of at least 4 members (excludes halogenated alkanes) is 9. The van der Waals surface area contributed by atoms with Gasteiger partial charge in [0.05, 0.1) is 28.2 Å². The van der Waals surface area contributed by atoms with E-state index in [1.165, 1.54) is 44.9 Å². The molecule has 1 aromatic rings. The number of hydrogen-bond donors (Lipinski definition) is 0. The first-order chi connectivity index (χ1) is 12.4. The molecule has 1 rings (SSSR count). The van der Waals surface area contributed by atoms with Gasteiger partial charge >= 0.3 is 0 Å². The van der Waals surface area contributed by atoms with Crippen LogP contribution in [0.2, 0.25) is 0 Å². The van der Waals surface area contributed by atoms with Crippen LogP contribution >= 0.6 is 0 Å². The Labute approximate surface area is 157 Å². The van der Waals surface area contributed by atoms with Crippen molar-refractivity contribution in [3.8, 4) is 12.1 Å². The fourth-order valence-electron chi connectivity index (χ4n) is 3.05. The minimum atomic E-state index is -4.68. The number of nitrogens with zero attached hydrogens (tertiary/aromatic N) is 2. The van der Waals surface area contributed by atoms with Gasteiger partial charge in [0.2, 0.25) is 0 Å². The van der Waals surface area contributed by atoms with Gasteiger partial charge in [-0.05, 0) is 30.5 Å².